The molecule has 1 amide bonds. The Morgan fingerprint density at radius 3 is 2.70 bits per heavy atom. The lowest BCUT2D eigenvalue weighted by molar-refractivity contribution is 0.102. The van der Waals surface area contributed by atoms with Gasteiger partial charge in [-0.3, -0.25) is 9.20 Å². The number of hydrogen-bond donors (Lipinski definition) is 1. The molecule has 0 unspecified atom stereocenters. The van der Waals surface area contributed by atoms with E-state index < -0.39 is 5.82 Å². The van der Waals surface area contributed by atoms with Crippen molar-refractivity contribution in [1.82, 2.24) is 14.6 Å². The lowest BCUT2D eigenvalue weighted by Crippen LogP contribution is -2.13. The Labute approximate surface area is 159 Å². The minimum Gasteiger partial charge on any atom is -0.321 e. The Morgan fingerprint density at radius 1 is 1.11 bits per heavy atom. The number of halogens is 2. The maximum atomic E-state index is 14.1. The van der Waals surface area contributed by atoms with Gasteiger partial charge < -0.3 is 5.32 Å². The van der Waals surface area contributed by atoms with Crippen LogP contribution < -0.4 is 5.32 Å². The zero-order chi connectivity index (χ0) is 19.0. The van der Waals surface area contributed by atoms with Crippen molar-refractivity contribution >= 4 is 28.8 Å². The monoisotopic (exact) mass is 380 g/mol. The van der Waals surface area contributed by atoms with E-state index in [0.717, 1.165) is 5.56 Å². The molecule has 134 valence electrons. The van der Waals surface area contributed by atoms with E-state index in [2.05, 4.69) is 15.5 Å². The number of nitrogens with zero attached hydrogens (tertiary/aromatic N) is 3. The highest BCUT2D eigenvalue weighted by molar-refractivity contribution is 6.34. The summed E-state index contributed by atoms with van der Waals surface area (Å²) in [5, 5.41) is 11.4. The third kappa shape index (κ3) is 3.15. The lowest BCUT2D eigenvalue weighted by Gasteiger charge is -2.09. The van der Waals surface area contributed by atoms with Crippen molar-refractivity contribution < 1.29 is 9.18 Å². The Balaban J connectivity index is 1.75. The summed E-state index contributed by atoms with van der Waals surface area (Å²) in [6.07, 6.45) is 1.69. The molecule has 0 atom stereocenters. The smallest absolute Gasteiger partial charge is 0.259 e. The van der Waals surface area contributed by atoms with Gasteiger partial charge in [0.1, 0.15) is 5.82 Å². The average Bonchev–Trinajstić information content (AvgIpc) is 3.08. The van der Waals surface area contributed by atoms with Gasteiger partial charge in [0.25, 0.3) is 5.91 Å². The molecule has 0 spiro atoms. The Kier molecular flexibility index (Phi) is 4.33. The summed E-state index contributed by atoms with van der Waals surface area (Å²) in [7, 11) is 0. The number of aromatic nitrogens is 3. The van der Waals surface area contributed by atoms with Crippen LogP contribution in [-0.4, -0.2) is 20.5 Å². The molecule has 7 heteroatoms. The molecule has 0 aliphatic heterocycles. The summed E-state index contributed by atoms with van der Waals surface area (Å²) in [5.74, 6) is -0.460. The van der Waals surface area contributed by atoms with Crippen LogP contribution in [0, 0.1) is 12.7 Å². The van der Waals surface area contributed by atoms with Gasteiger partial charge in [-0.15, -0.1) is 10.2 Å². The molecular formula is C20H14ClFN4O. The summed E-state index contributed by atoms with van der Waals surface area (Å²) in [6, 6.07) is 15.0. The van der Waals surface area contributed by atoms with Crippen molar-refractivity contribution in [2.45, 2.75) is 6.92 Å². The van der Waals surface area contributed by atoms with E-state index in [1.165, 1.54) is 6.07 Å². The van der Waals surface area contributed by atoms with Crippen LogP contribution in [0.1, 0.15) is 15.9 Å². The molecule has 0 saturated heterocycles. The van der Waals surface area contributed by atoms with E-state index in [4.69, 9.17) is 11.6 Å². The number of aryl methyl sites for hydroxylation is 1. The van der Waals surface area contributed by atoms with Crippen LogP contribution in [0.5, 0.6) is 0 Å². The fourth-order valence-electron chi connectivity index (χ4n) is 2.83. The van der Waals surface area contributed by atoms with Crippen molar-refractivity contribution in [3.8, 4) is 11.4 Å². The minimum atomic E-state index is -0.409. The van der Waals surface area contributed by atoms with Crippen molar-refractivity contribution in [1.29, 1.82) is 0 Å². The first-order chi connectivity index (χ1) is 13.0. The molecule has 0 aliphatic carbocycles. The van der Waals surface area contributed by atoms with Gasteiger partial charge >= 0.3 is 0 Å². The Morgan fingerprint density at radius 2 is 1.93 bits per heavy atom. The number of anilines is 1. The maximum absolute atomic E-state index is 14.1. The molecule has 0 saturated carbocycles. The summed E-state index contributed by atoms with van der Waals surface area (Å²) in [6.45, 7) is 1.92. The minimum absolute atomic E-state index is 0.309. The van der Waals surface area contributed by atoms with Crippen LogP contribution in [0.15, 0.2) is 60.8 Å². The van der Waals surface area contributed by atoms with Crippen molar-refractivity contribution in [3.05, 3.63) is 82.8 Å². The molecule has 0 bridgehead atoms. The molecule has 2 heterocycles. The van der Waals surface area contributed by atoms with Crippen LogP contribution in [0.25, 0.3) is 17.0 Å². The number of rotatable bonds is 3. The van der Waals surface area contributed by atoms with Crippen LogP contribution >= 0.6 is 11.6 Å². The van der Waals surface area contributed by atoms with E-state index >= 15 is 0 Å². The molecule has 0 fully saturated rings. The van der Waals surface area contributed by atoms with Gasteiger partial charge in [-0.05, 0) is 48.9 Å². The number of pyridine rings is 1. The van der Waals surface area contributed by atoms with Gasteiger partial charge in [0.15, 0.2) is 11.5 Å². The van der Waals surface area contributed by atoms with Crippen molar-refractivity contribution in [2.24, 2.45) is 0 Å². The normalized spacial score (nSPS) is 10.9. The molecule has 2 aromatic carbocycles. The second-order valence-electron chi connectivity index (χ2n) is 6.06. The van der Waals surface area contributed by atoms with Crippen LogP contribution in [0.2, 0.25) is 5.02 Å². The summed E-state index contributed by atoms with van der Waals surface area (Å²) in [4.78, 5) is 12.8. The quantitative estimate of drug-likeness (QED) is 0.558. The zero-order valence-electron chi connectivity index (χ0n) is 14.3. The topological polar surface area (TPSA) is 59.3 Å². The van der Waals surface area contributed by atoms with E-state index in [1.54, 1.807) is 53.1 Å². The van der Waals surface area contributed by atoms with Crippen molar-refractivity contribution in [3.63, 3.8) is 0 Å². The first-order valence-electron chi connectivity index (χ1n) is 8.21. The van der Waals surface area contributed by atoms with Crippen LogP contribution in [0.4, 0.5) is 10.1 Å². The number of benzene rings is 2. The van der Waals surface area contributed by atoms with Gasteiger partial charge in [0.05, 0.1) is 21.8 Å². The van der Waals surface area contributed by atoms with E-state index in [-0.39, 0.29) is 5.91 Å². The molecule has 4 rings (SSSR count). The van der Waals surface area contributed by atoms with E-state index in [0.29, 0.717) is 33.3 Å². The first kappa shape index (κ1) is 17.2. The summed E-state index contributed by atoms with van der Waals surface area (Å²) < 4.78 is 15.7. The Bertz CT molecular complexity index is 1170. The summed E-state index contributed by atoms with van der Waals surface area (Å²) >= 11 is 6.19. The third-order valence-corrected chi connectivity index (χ3v) is 4.48. The standard InChI is InChI=1S/C20H14ClFN4O/c1-12-8-9-17(15(21)11-12)23-20(27)14-6-4-10-26-18(24-25-19(14)26)13-5-2-3-7-16(13)22/h2-11H,1H3,(H,23,27). The second kappa shape index (κ2) is 6.81. The predicted molar refractivity (Wildman–Crippen MR) is 103 cm³/mol. The molecule has 0 radical (unpaired) electrons. The van der Waals surface area contributed by atoms with E-state index in [1.807, 2.05) is 13.0 Å². The van der Waals surface area contributed by atoms with Crippen LogP contribution in [0.3, 0.4) is 0 Å². The van der Waals surface area contributed by atoms with Crippen LogP contribution in [-0.2, 0) is 0 Å². The Hall–Kier alpha value is -3.25. The fourth-order valence-corrected chi connectivity index (χ4v) is 3.11. The number of nitrogens with one attached hydrogen (secondary N) is 1. The molecule has 2 aromatic heterocycles. The number of hydrogen-bond acceptors (Lipinski definition) is 3. The molecule has 5 nitrogen and oxygen atoms in total. The molecule has 0 aliphatic rings. The number of carbonyl (C=O) groups is 1. The average molecular weight is 381 g/mol. The zero-order valence-corrected chi connectivity index (χ0v) is 15.0. The van der Waals surface area contributed by atoms with Gasteiger partial charge in [-0.2, -0.15) is 0 Å². The molecular weight excluding hydrogens is 367 g/mol. The fraction of sp³-hybridized carbons (Fsp3) is 0.0500. The first-order valence-corrected chi connectivity index (χ1v) is 8.58. The third-order valence-electron chi connectivity index (χ3n) is 4.17. The van der Waals surface area contributed by atoms with Gasteiger partial charge in [0.2, 0.25) is 0 Å². The number of fused-ring (bicyclic) bond motifs is 1. The SMILES string of the molecule is Cc1ccc(NC(=O)c2cccn3c(-c4ccccc4F)nnc23)c(Cl)c1. The van der Waals surface area contributed by atoms with Gasteiger partial charge in [-0.25, -0.2) is 4.39 Å². The second-order valence-corrected chi connectivity index (χ2v) is 6.46. The highest BCUT2D eigenvalue weighted by Gasteiger charge is 2.18. The maximum Gasteiger partial charge on any atom is 0.259 e. The molecule has 1 N–H and O–H groups in total. The van der Waals surface area contributed by atoms with Gasteiger partial charge in [0, 0.05) is 6.20 Å². The highest BCUT2D eigenvalue weighted by Crippen LogP contribution is 2.25. The number of amides is 1. The largest absolute Gasteiger partial charge is 0.321 e. The van der Waals surface area contributed by atoms with E-state index in [9.17, 15) is 9.18 Å². The van der Waals surface area contributed by atoms with Gasteiger partial charge in [-0.1, -0.05) is 29.8 Å². The highest BCUT2D eigenvalue weighted by atomic mass is 35.5. The lowest BCUT2D eigenvalue weighted by atomic mass is 10.2. The number of carbonyl (C=O) groups excluding carboxylic acids is 1. The summed E-state index contributed by atoms with van der Waals surface area (Å²) in [5.41, 5.74) is 2.44. The molecule has 4 aromatic rings. The van der Waals surface area contributed by atoms with Crippen molar-refractivity contribution in [2.75, 3.05) is 5.32 Å². The molecule has 27 heavy (non-hydrogen) atoms. The predicted octanol–water partition coefficient (Wildman–Crippen LogP) is 4.75.